The van der Waals surface area contributed by atoms with Gasteiger partial charge in [-0.2, -0.15) is 0 Å². The lowest BCUT2D eigenvalue weighted by atomic mass is 9.98. The van der Waals surface area contributed by atoms with E-state index >= 15 is 0 Å². The molecule has 2 unspecified atom stereocenters. The third-order valence-corrected chi connectivity index (χ3v) is 5.90. The van der Waals surface area contributed by atoms with Crippen molar-refractivity contribution in [3.63, 3.8) is 0 Å². The molecule has 2 fully saturated rings. The lowest BCUT2D eigenvalue weighted by Crippen LogP contribution is -2.55. The van der Waals surface area contributed by atoms with Crippen LogP contribution in [-0.2, 0) is 4.74 Å². The number of piperidine rings is 1. The Morgan fingerprint density at radius 1 is 1.18 bits per heavy atom. The van der Waals surface area contributed by atoms with Gasteiger partial charge in [0.25, 0.3) is 5.91 Å². The van der Waals surface area contributed by atoms with Gasteiger partial charge in [0.15, 0.2) is 11.7 Å². The molecule has 2 amide bonds. The molecule has 33 heavy (non-hydrogen) atoms. The monoisotopic (exact) mass is 575 g/mol. The number of amides is 2. The minimum absolute atomic E-state index is 0. The molecule has 3 rings (SSSR count). The summed E-state index contributed by atoms with van der Waals surface area (Å²) in [5.41, 5.74) is 0.352. The molecular formula is C23H38IN5O4. The van der Waals surface area contributed by atoms with Crippen LogP contribution in [0.3, 0.4) is 0 Å². The third-order valence-electron chi connectivity index (χ3n) is 5.90. The van der Waals surface area contributed by atoms with Gasteiger partial charge in [0.05, 0.1) is 6.26 Å². The predicted octanol–water partition coefficient (Wildman–Crippen LogP) is 3.42. The highest BCUT2D eigenvalue weighted by molar-refractivity contribution is 14.0. The van der Waals surface area contributed by atoms with E-state index in [0.29, 0.717) is 18.8 Å². The lowest BCUT2D eigenvalue weighted by Gasteiger charge is -2.40. The fourth-order valence-corrected chi connectivity index (χ4v) is 4.48. The first kappa shape index (κ1) is 27.3. The number of guanidine groups is 1. The maximum Gasteiger partial charge on any atom is 0.410 e. The summed E-state index contributed by atoms with van der Waals surface area (Å²) >= 11 is 0. The smallest absolute Gasteiger partial charge is 0.410 e. The van der Waals surface area contributed by atoms with Crippen LogP contribution in [0.2, 0.25) is 0 Å². The average Bonchev–Trinajstić information content (AvgIpc) is 3.26. The molecule has 0 aromatic carbocycles. The summed E-state index contributed by atoms with van der Waals surface area (Å²) in [5.74, 6) is 0.915. The number of aryl methyl sites for hydroxylation is 1. The number of hydrogen-bond acceptors (Lipinski definition) is 5. The maximum atomic E-state index is 12.6. The molecule has 2 bridgehead atoms. The highest BCUT2D eigenvalue weighted by Crippen LogP contribution is 2.36. The second-order valence-corrected chi connectivity index (χ2v) is 9.63. The Labute approximate surface area is 213 Å². The largest absolute Gasteiger partial charge is 0.459 e. The number of furan rings is 1. The van der Waals surface area contributed by atoms with E-state index in [1.165, 1.54) is 6.26 Å². The first-order valence-corrected chi connectivity index (χ1v) is 11.5. The third kappa shape index (κ3) is 7.51. The van der Waals surface area contributed by atoms with Crippen LogP contribution in [0.1, 0.15) is 69.0 Å². The number of aliphatic imine (C=N–C) groups is 1. The summed E-state index contributed by atoms with van der Waals surface area (Å²) in [6.45, 7) is 8.78. The van der Waals surface area contributed by atoms with E-state index in [0.717, 1.165) is 43.6 Å². The highest BCUT2D eigenvalue weighted by atomic mass is 127. The van der Waals surface area contributed by atoms with Gasteiger partial charge in [0, 0.05) is 43.8 Å². The number of carbonyl (C=O) groups excluding carboxylic acids is 2. The number of halogens is 1. The van der Waals surface area contributed by atoms with Gasteiger partial charge in [0.1, 0.15) is 5.60 Å². The Hall–Kier alpha value is -1.98. The number of nitrogens with zero attached hydrogens (tertiary/aromatic N) is 2. The molecule has 2 saturated heterocycles. The SMILES string of the molecule is CN=C(NCCCNC(=O)c1occc1C)NC1CC2CCC(C1)N2C(=O)OC(C)(C)C.I. The maximum absolute atomic E-state index is 12.6. The number of rotatable bonds is 6. The minimum Gasteiger partial charge on any atom is -0.459 e. The summed E-state index contributed by atoms with van der Waals surface area (Å²) in [7, 11) is 1.75. The van der Waals surface area contributed by atoms with Crippen molar-refractivity contribution in [1.29, 1.82) is 0 Å². The normalized spacial score (nSPS) is 22.4. The fraction of sp³-hybridized carbons (Fsp3) is 0.696. The Balaban J connectivity index is 0.00000385. The van der Waals surface area contributed by atoms with Crippen LogP contribution < -0.4 is 16.0 Å². The molecule has 0 saturated carbocycles. The average molecular weight is 575 g/mol. The van der Waals surface area contributed by atoms with Crippen molar-refractivity contribution in [3.05, 3.63) is 23.7 Å². The van der Waals surface area contributed by atoms with Crippen LogP contribution >= 0.6 is 24.0 Å². The number of fused-ring (bicyclic) bond motifs is 2. The molecule has 9 nitrogen and oxygen atoms in total. The summed E-state index contributed by atoms with van der Waals surface area (Å²) < 4.78 is 10.8. The number of carbonyl (C=O) groups is 2. The van der Waals surface area contributed by atoms with Crippen molar-refractivity contribution in [2.24, 2.45) is 4.99 Å². The second-order valence-electron chi connectivity index (χ2n) is 9.63. The van der Waals surface area contributed by atoms with Crippen molar-refractivity contribution < 1.29 is 18.7 Å². The van der Waals surface area contributed by atoms with Gasteiger partial charge >= 0.3 is 6.09 Å². The highest BCUT2D eigenvalue weighted by Gasteiger charge is 2.45. The van der Waals surface area contributed by atoms with E-state index in [9.17, 15) is 9.59 Å². The number of nitrogens with one attached hydrogen (secondary N) is 3. The van der Waals surface area contributed by atoms with Crippen LogP contribution in [-0.4, -0.2) is 66.7 Å². The van der Waals surface area contributed by atoms with Crippen LogP contribution in [0.15, 0.2) is 21.7 Å². The standard InChI is InChI=1S/C23H37N5O4.HI/c1-15-9-12-31-19(15)20(29)25-10-6-11-26-21(24-5)27-16-13-17-7-8-18(14-16)28(17)22(30)32-23(2,3)4;/h9,12,16-18H,6-8,10-11,13-14H2,1-5H3,(H,25,29)(H2,24,26,27);1H. The van der Waals surface area contributed by atoms with E-state index in [-0.39, 0.29) is 54.1 Å². The Morgan fingerprint density at radius 3 is 2.36 bits per heavy atom. The number of hydrogen-bond donors (Lipinski definition) is 3. The summed E-state index contributed by atoms with van der Waals surface area (Å²) in [4.78, 5) is 31.0. The fourth-order valence-electron chi connectivity index (χ4n) is 4.48. The molecule has 3 N–H and O–H groups in total. The van der Waals surface area contributed by atoms with E-state index < -0.39 is 5.60 Å². The van der Waals surface area contributed by atoms with E-state index in [1.807, 2.05) is 32.6 Å². The molecule has 0 aliphatic carbocycles. The van der Waals surface area contributed by atoms with Crippen molar-refractivity contribution in [3.8, 4) is 0 Å². The second kappa shape index (κ2) is 11.9. The van der Waals surface area contributed by atoms with Crippen molar-refractivity contribution >= 4 is 41.9 Å². The van der Waals surface area contributed by atoms with Gasteiger partial charge in [0.2, 0.25) is 0 Å². The Kier molecular flexibility index (Phi) is 9.86. The molecule has 10 heteroatoms. The Bertz CT molecular complexity index is 821. The summed E-state index contributed by atoms with van der Waals surface area (Å²) in [6, 6.07) is 2.45. The quantitative estimate of drug-likeness (QED) is 0.208. The van der Waals surface area contributed by atoms with Gasteiger partial charge in [-0.1, -0.05) is 0 Å². The van der Waals surface area contributed by atoms with E-state index in [4.69, 9.17) is 9.15 Å². The van der Waals surface area contributed by atoms with Gasteiger partial charge in [-0.05, 0) is 65.9 Å². The predicted molar refractivity (Wildman–Crippen MR) is 138 cm³/mol. The first-order chi connectivity index (χ1) is 15.2. The van der Waals surface area contributed by atoms with E-state index in [2.05, 4.69) is 20.9 Å². The molecule has 1 aromatic heterocycles. The summed E-state index contributed by atoms with van der Waals surface area (Å²) in [6.07, 6.45) is 5.88. The zero-order valence-corrected chi connectivity index (χ0v) is 22.6. The van der Waals surface area contributed by atoms with Crippen LogP contribution in [0, 0.1) is 6.92 Å². The first-order valence-electron chi connectivity index (χ1n) is 11.5. The van der Waals surface area contributed by atoms with Gasteiger partial charge in [-0.15, -0.1) is 24.0 Å². The molecule has 2 atom stereocenters. The molecule has 1 aromatic rings. The van der Waals surface area contributed by atoms with Crippen molar-refractivity contribution in [1.82, 2.24) is 20.9 Å². The van der Waals surface area contributed by atoms with Gasteiger partial charge in [-0.25, -0.2) is 4.79 Å². The van der Waals surface area contributed by atoms with Crippen LogP contribution in [0.4, 0.5) is 4.79 Å². The molecule has 3 heterocycles. The zero-order valence-electron chi connectivity index (χ0n) is 20.3. The zero-order chi connectivity index (χ0) is 23.3. The Morgan fingerprint density at radius 2 is 1.82 bits per heavy atom. The van der Waals surface area contributed by atoms with Crippen molar-refractivity contribution in [2.75, 3.05) is 20.1 Å². The molecule has 0 spiro atoms. The molecule has 2 aliphatic rings. The lowest BCUT2D eigenvalue weighted by molar-refractivity contribution is 0.00544. The van der Waals surface area contributed by atoms with Crippen LogP contribution in [0.25, 0.3) is 0 Å². The number of ether oxygens (including phenoxy) is 1. The molecule has 0 radical (unpaired) electrons. The van der Waals surface area contributed by atoms with Crippen molar-refractivity contribution in [2.45, 2.75) is 83.5 Å². The molecular weight excluding hydrogens is 537 g/mol. The minimum atomic E-state index is -0.478. The van der Waals surface area contributed by atoms with Gasteiger partial charge < -0.3 is 30.0 Å². The summed E-state index contributed by atoms with van der Waals surface area (Å²) in [5, 5.41) is 9.68. The van der Waals surface area contributed by atoms with Crippen LogP contribution in [0.5, 0.6) is 0 Å². The molecule has 186 valence electrons. The topological polar surface area (TPSA) is 108 Å². The van der Waals surface area contributed by atoms with E-state index in [1.54, 1.807) is 13.1 Å². The molecule has 2 aliphatic heterocycles. The van der Waals surface area contributed by atoms with Gasteiger partial charge in [-0.3, -0.25) is 9.79 Å².